The normalized spacial score (nSPS) is 10.5. The van der Waals surface area contributed by atoms with Crippen LogP contribution in [-0.2, 0) is 14.3 Å². The highest BCUT2D eigenvalue weighted by Crippen LogP contribution is 2.36. The molecule has 0 saturated heterocycles. The van der Waals surface area contributed by atoms with Crippen LogP contribution in [0.4, 0.5) is 5.69 Å². The van der Waals surface area contributed by atoms with Crippen LogP contribution in [-0.4, -0.2) is 38.5 Å². The summed E-state index contributed by atoms with van der Waals surface area (Å²) in [4.78, 5) is 35.2. The molecule has 0 radical (unpaired) electrons. The number of carbonyl (C=O) groups excluding carboxylic acids is 3. The van der Waals surface area contributed by atoms with Crippen LogP contribution in [0.2, 0.25) is 5.02 Å². The number of ketones is 1. The number of hydrogen-bond acceptors (Lipinski definition) is 6. The van der Waals surface area contributed by atoms with E-state index in [2.05, 4.69) is 5.32 Å². The fourth-order valence-corrected chi connectivity index (χ4v) is 2.69. The number of Topliss-reactive ketones (excluding diaryl/α,β-unsaturated/α-hetero) is 1. The quantitative estimate of drug-likeness (QED) is 0.399. The summed E-state index contributed by atoms with van der Waals surface area (Å²) in [5, 5.41) is 2.89. The van der Waals surface area contributed by atoms with Crippen molar-refractivity contribution in [1.29, 1.82) is 0 Å². The molecule has 0 unspecified atom stereocenters. The average molecular weight is 418 g/mol. The van der Waals surface area contributed by atoms with Crippen molar-refractivity contribution in [2.24, 2.45) is 0 Å². The first-order chi connectivity index (χ1) is 13.8. The highest BCUT2D eigenvalue weighted by molar-refractivity contribution is 6.32. The maximum absolute atomic E-state index is 11.9. The van der Waals surface area contributed by atoms with Crippen LogP contribution in [0, 0.1) is 0 Å². The smallest absolute Gasteiger partial charge is 0.331 e. The molecular formula is C21H20ClNO6. The van der Waals surface area contributed by atoms with Gasteiger partial charge in [-0.05, 0) is 42.8 Å². The number of amides is 1. The molecule has 2 aromatic rings. The number of carbonyl (C=O) groups is 3. The van der Waals surface area contributed by atoms with E-state index in [4.69, 9.17) is 25.8 Å². The van der Waals surface area contributed by atoms with Crippen LogP contribution in [0.1, 0.15) is 22.8 Å². The standard InChI is InChI=1S/C21H20ClNO6/c1-13(24)15-5-4-6-16(11-15)23-19(25)12-29-20(26)8-7-14-9-17(22)21(28-3)18(10-14)27-2/h4-11H,12H2,1-3H3,(H,23,25)/b8-7+. The van der Waals surface area contributed by atoms with E-state index in [1.54, 1.807) is 36.4 Å². The van der Waals surface area contributed by atoms with Gasteiger partial charge >= 0.3 is 5.97 Å². The number of anilines is 1. The topological polar surface area (TPSA) is 90.9 Å². The van der Waals surface area contributed by atoms with Gasteiger partial charge in [0.2, 0.25) is 0 Å². The van der Waals surface area contributed by atoms with Crippen LogP contribution in [0.25, 0.3) is 6.08 Å². The number of esters is 1. The van der Waals surface area contributed by atoms with Crippen LogP contribution >= 0.6 is 11.6 Å². The van der Waals surface area contributed by atoms with Crippen LogP contribution in [0.3, 0.4) is 0 Å². The van der Waals surface area contributed by atoms with Crippen LogP contribution in [0.5, 0.6) is 11.5 Å². The van der Waals surface area contributed by atoms with Crippen molar-refractivity contribution < 1.29 is 28.6 Å². The van der Waals surface area contributed by atoms with E-state index in [9.17, 15) is 14.4 Å². The van der Waals surface area contributed by atoms with Gasteiger partial charge in [0.1, 0.15) is 0 Å². The molecule has 0 aliphatic rings. The molecule has 2 rings (SSSR count). The molecule has 0 aliphatic heterocycles. The molecule has 0 spiro atoms. The van der Waals surface area contributed by atoms with Gasteiger partial charge in [-0.1, -0.05) is 23.7 Å². The molecule has 2 aromatic carbocycles. The lowest BCUT2D eigenvalue weighted by molar-refractivity contribution is -0.142. The summed E-state index contributed by atoms with van der Waals surface area (Å²) in [6.45, 7) is 0.959. The number of nitrogens with one attached hydrogen (secondary N) is 1. The third-order valence-electron chi connectivity index (χ3n) is 3.77. The number of methoxy groups -OCH3 is 2. The molecule has 152 valence electrons. The van der Waals surface area contributed by atoms with E-state index in [0.717, 1.165) is 0 Å². The zero-order chi connectivity index (χ0) is 21.4. The van der Waals surface area contributed by atoms with Gasteiger partial charge in [-0.25, -0.2) is 4.79 Å². The molecule has 0 aromatic heterocycles. The Morgan fingerprint density at radius 3 is 2.52 bits per heavy atom. The number of benzene rings is 2. The molecular weight excluding hydrogens is 398 g/mol. The Morgan fingerprint density at radius 1 is 1.10 bits per heavy atom. The van der Waals surface area contributed by atoms with E-state index in [1.165, 1.54) is 33.3 Å². The predicted molar refractivity (Wildman–Crippen MR) is 110 cm³/mol. The first-order valence-corrected chi connectivity index (χ1v) is 8.89. The summed E-state index contributed by atoms with van der Waals surface area (Å²) in [5.74, 6) is -0.544. The third kappa shape index (κ3) is 6.36. The number of rotatable bonds is 8. The van der Waals surface area contributed by atoms with E-state index in [1.807, 2.05) is 0 Å². The molecule has 1 N–H and O–H groups in total. The second kappa shape index (κ2) is 10.3. The first kappa shape index (κ1) is 22.0. The zero-order valence-corrected chi connectivity index (χ0v) is 16.9. The van der Waals surface area contributed by atoms with Crippen molar-refractivity contribution in [3.05, 3.63) is 58.6 Å². The monoisotopic (exact) mass is 417 g/mol. The van der Waals surface area contributed by atoms with E-state index in [0.29, 0.717) is 33.3 Å². The van der Waals surface area contributed by atoms with Gasteiger partial charge in [-0.2, -0.15) is 0 Å². The first-order valence-electron chi connectivity index (χ1n) is 8.51. The van der Waals surface area contributed by atoms with E-state index in [-0.39, 0.29) is 5.78 Å². The number of hydrogen-bond donors (Lipinski definition) is 1. The van der Waals surface area contributed by atoms with Gasteiger partial charge in [0.05, 0.1) is 19.2 Å². The van der Waals surface area contributed by atoms with E-state index >= 15 is 0 Å². The lowest BCUT2D eigenvalue weighted by atomic mass is 10.1. The summed E-state index contributed by atoms with van der Waals surface area (Å²) in [6, 6.07) is 9.71. The van der Waals surface area contributed by atoms with Gasteiger partial charge in [-0.15, -0.1) is 0 Å². The fourth-order valence-electron chi connectivity index (χ4n) is 2.40. The molecule has 0 bridgehead atoms. The van der Waals surface area contributed by atoms with E-state index < -0.39 is 18.5 Å². The SMILES string of the molecule is COc1cc(/C=C/C(=O)OCC(=O)Nc2cccc(C(C)=O)c2)cc(Cl)c1OC. The highest BCUT2D eigenvalue weighted by Gasteiger charge is 2.11. The Labute approximate surface area is 173 Å². The van der Waals surface area contributed by atoms with Gasteiger partial charge in [-0.3, -0.25) is 9.59 Å². The van der Waals surface area contributed by atoms with Gasteiger partial charge in [0.25, 0.3) is 5.91 Å². The minimum atomic E-state index is -0.705. The Bertz CT molecular complexity index is 954. The number of ether oxygens (including phenoxy) is 3. The molecule has 0 saturated carbocycles. The van der Waals surface area contributed by atoms with Crippen LogP contribution in [0.15, 0.2) is 42.5 Å². The zero-order valence-electron chi connectivity index (χ0n) is 16.2. The summed E-state index contributed by atoms with van der Waals surface area (Å²) >= 11 is 6.11. The molecule has 8 heteroatoms. The van der Waals surface area contributed by atoms with Crippen molar-refractivity contribution in [3.8, 4) is 11.5 Å². The van der Waals surface area contributed by atoms with Crippen molar-refractivity contribution in [2.75, 3.05) is 26.1 Å². The molecule has 0 aliphatic carbocycles. The molecule has 29 heavy (non-hydrogen) atoms. The average Bonchev–Trinajstić information content (AvgIpc) is 2.70. The van der Waals surface area contributed by atoms with Crippen LogP contribution < -0.4 is 14.8 Å². The maximum atomic E-state index is 11.9. The Hall–Kier alpha value is -3.32. The fraction of sp³-hybridized carbons (Fsp3) is 0.190. The minimum Gasteiger partial charge on any atom is -0.493 e. The lowest BCUT2D eigenvalue weighted by Gasteiger charge is -2.10. The molecule has 0 heterocycles. The largest absolute Gasteiger partial charge is 0.493 e. The predicted octanol–water partition coefficient (Wildman–Crippen LogP) is 3.75. The highest BCUT2D eigenvalue weighted by atomic mass is 35.5. The lowest BCUT2D eigenvalue weighted by Crippen LogP contribution is -2.20. The Morgan fingerprint density at radius 2 is 1.86 bits per heavy atom. The Balaban J connectivity index is 1.92. The maximum Gasteiger partial charge on any atom is 0.331 e. The summed E-state index contributed by atoms with van der Waals surface area (Å²) in [5.41, 5.74) is 1.50. The Kier molecular flexibility index (Phi) is 7.79. The van der Waals surface area contributed by atoms with Crippen molar-refractivity contribution in [3.63, 3.8) is 0 Å². The summed E-state index contributed by atoms with van der Waals surface area (Å²) in [7, 11) is 2.94. The van der Waals surface area contributed by atoms with Gasteiger partial charge in [0, 0.05) is 17.3 Å². The second-order valence-electron chi connectivity index (χ2n) is 5.86. The van der Waals surface area contributed by atoms with Crippen molar-refractivity contribution >= 4 is 41.0 Å². The van der Waals surface area contributed by atoms with Gasteiger partial charge < -0.3 is 19.5 Å². The van der Waals surface area contributed by atoms with Gasteiger partial charge in [0.15, 0.2) is 23.9 Å². The molecule has 1 amide bonds. The summed E-state index contributed by atoms with van der Waals surface area (Å²) < 4.78 is 15.2. The van der Waals surface area contributed by atoms with Crippen molar-refractivity contribution in [1.82, 2.24) is 0 Å². The minimum absolute atomic E-state index is 0.118. The molecule has 0 fully saturated rings. The molecule has 7 nitrogen and oxygen atoms in total. The second-order valence-corrected chi connectivity index (χ2v) is 6.27. The molecule has 0 atom stereocenters. The third-order valence-corrected chi connectivity index (χ3v) is 4.05. The number of halogens is 1. The van der Waals surface area contributed by atoms with Crippen molar-refractivity contribution in [2.45, 2.75) is 6.92 Å². The summed E-state index contributed by atoms with van der Waals surface area (Å²) in [6.07, 6.45) is 2.64.